The maximum absolute atomic E-state index is 12.7. The Bertz CT molecular complexity index is 514. The van der Waals surface area contributed by atoms with Crippen molar-refractivity contribution in [1.82, 2.24) is 5.32 Å². The first-order valence-electron chi connectivity index (χ1n) is 9.43. The fraction of sp³-hybridized carbons (Fsp3) is 0.737. The lowest BCUT2D eigenvalue weighted by molar-refractivity contribution is 0.0948. The first-order valence-corrected chi connectivity index (χ1v) is 10.2. The van der Waals surface area contributed by atoms with Crippen LogP contribution in [0.3, 0.4) is 0 Å². The van der Waals surface area contributed by atoms with Crippen LogP contribution in [0, 0.1) is 0 Å². The quantitative estimate of drug-likeness (QED) is 0.581. The number of amides is 1. The average Bonchev–Trinajstić information content (AvgIpc) is 2.96. The molecule has 1 amide bonds. The van der Waals surface area contributed by atoms with E-state index in [-0.39, 0.29) is 5.91 Å². The number of ether oxygens (including phenoxy) is 1. The summed E-state index contributed by atoms with van der Waals surface area (Å²) in [5.74, 6) is 0.0848. The van der Waals surface area contributed by atoms with Crippen molar-refractivity contribution < 1.29 is 9.53 Å². The Kier molecular flexibility index (Phi) is 8.60. The third-order valence-corrected chi connectivity index (χ3v) is 5.77. The minimum absolute atomic E-state index is 0.0848. The van der Waals surface area contributed by atoms with Gasteiger partial charge in [0.05, 0.1) is 5.56 Å². The van der Waals surface area contributed by atoms with Gasteiger partial charge in [0.25, 0.3) is 5.91 Å². The Labute approximate surface area is 150 Å². The van der Waals surface area contributed by atoms with Crippen molar-refractivity contribution in [1.29, 1.82) is 0 Å². The largest absolute Gasteiger partial charge is 0.385 e. The van der Waals surface area contributed by atoms with E-state index in [2.05, 4.69) is 17.6 Å². The molecule has 0 spiro atoms. The van der Waals surface area contributed by atoms with Crippen molar-refractivity contribution in [3.05, 3.63) is 16.0 Å². The van der Waals surface area contributed by atoms with Crippen LogP contribution in [-0.2, 0) is 17.6 Å². The number of hydrogen-bond acceptors (Lipinski definition) is 4. The molecule has 0 fully saturated rings. The van der Waals surface area contributed by atoms with E-state index >= 15 is 0 Å². The van der Waals surface area contributed by atoms with Gasteiger partial charge >= 0.3 is 0 Å². The SMILES string of the molecule is CCCCCCNc1sc2c(c1C(=O)NCCCOC)CCCC2. The molecule has 0 saturated carbocycles. The third-order valence-electron chi connectivity index (χ3n) is 4.53. The van der Waals surface area contributed by atoms with Crippen LogP contribution in [0.1, 0.15) is 72.7 Å². The lowest BCUT2D eigenvalue weighted by Gasteiger charge is -2.13. The van der Waals surface area contributed by atoms with Crippen LogP contribution in [0.25, 0.3) is 0 Å². The van der Waals surface area contributed by atoms with Crippen LogP contribution in [0.4, 0.5) is 5.00 Å². The molecule has 1 aliphatic rings. The molecule has 2 N–H and O–H groups in total. The van der Waals surface area contributed by atoms with E-state index in [1.165, 1.54) is 49.0 Å². The van der Waals surface area contributed by atoms with Crippen LogP contribution in [0.5, 0.6) is 0 Å². The molecule has 5 heteroatoms. The van der Waals surface area contributed by atoms with Crippen LogP contribution < -0.4 is 10.6 Å². The summed E-state index contributed by atoms with van der Waals surface area (Å²) in [6.45, 7) is 4.55. The van der Waals surface area contributed by atoms with E-state index in [4.69, 9.17) is 4.74 Å². The maximum Gasteiger partial charge on any atom is 0.254 e. The van der Waals surface area contributed by atoms with E-state index in [9.17, 15) is 4.79 Å². The van der Waals surface area contributed by atoms with Crippen molar-refractivity contribution in [3.63, 3.8) is 0 Å². The highest BCUT2D eigenvalue weighted by atomic mass is 32.1. The first-order chi connectivity index (χ1) is 11.8. The molecule has 1 aromatic heterocycles. The Morgan fingerprint density at radius 1 is 1.12 bits per heavy atom. The highest BCUT2D eigenvalue weighted by Gasteiger charge is 2.24. The number of nitrogens with one attached hydrogen (secondary N) is 2. The molecule has 0 aliphatic heterocycles. The number of fused-ring (bicyclic) bond motifs is 1. The molecule has 2 rings (SSSR count). The topological polar surface area (TPSA) is 50.4 Å². The molecule has 1 aromatic rings. The molecule has 4 nitrogen and oxygen atoms in total. The molecule has 0 saturated heterocycles. The summed E-state index contributed by atoms with van der Waals surface area (Å²) in [6.07, 6.45) is 10.4. The Morgan fingerprint density at radius 2 is 1.96 bits per heavy atom. The Balaban J connectivity index is 2.00. The van der Waals surface area contributed by atoms with Gasteiger partial charge in [-0.25, -0.2) is 0 Å². The minimum atomic E-state index is 0.0848. The normalized spacial score (nSPS) is 13.6. The molecule has 0 radical (unpaired) electrons. The van der Waals surface area contributed by atoms with E-state index in [1.807, 2.05) is 0 Å². The predicted octanol–water partition coefficient (Wildman–Crippen LogP) is 4.39. The zero-order valence-corrected chi connectivity index (χ0v) is 16.0. The molecular weight excluding hydrogens is 320 g/mol. The fourth-order valence-electron chi connectivity index (χ4n) is 3.19. The molecule has 1 aliphatic carbocycles. The van der Waals surface area contributed by atoms with E-state index < -0.39 is 0 Å². The summed E-state index contributed by atoms with van der Waals surface area (Å²) in [5, 5.41) is 7.70. The lowest BCUT2D eigenvalue weighted by atomic mass is 9.95. The standard InChI is InChI=1S/C19H32N2O2S/c1-3-4-5-8-12-21-19-17(18(22)20-13-9-14-23-2)15-10-6-7-11-16(15)24-19/h21H,3-14H2,1-2H3,(H,20,22). The maximum atomic E-state index is 12.7. The van der Waals surface area contributed by atoms with E-state index in [0.29, 0.717) is 13.2 Å². The molecule has 136 valence electrons. The molecule has 0 bridgehead atoms. The highest BCUT2D eigenvalue weighted by Crippen LogP contribution is 2.38. The van der Waals surface area contributed by atoms with Crippen molar-refractivity contribution in [2.75, 3.05) is 32.1 Å². The van der Waals surface area contributed by atoms with Gasteiger partial charge in [-0.15, -0.1) is 11.3 Å². The summed E-state index contributed by atoms with van der Waals surface area (Å²) >= 11 is 1.80. The summed E-state index contributed by atoms with van der Waals surface area (Å²) in [4.78, 5) is 14.1. The molecule has 0 atom stereocenters. The third kappa shape index (κ3) is 5.49. The number of hydrogen-bond donors (Lipinski definition) is 2. The zero-order chi connectivity index (χ0) is 17.2. The summed E-state index contributed by atoms with van der Waals surface area (Å²) < 4.78 is 5.05. The molecule has 24 heavy (non-hydrogen) atoms. The van der Waals surface area contributed by atoms with Crippen molar-refractivity contribution in [3.8, 4) is 0 Å². The fourth-order valence-corrected chi connectivity index (χ4v) is 4.50. The average molecular weight is 353 g/mol. The Hall–Kier alpha value is -1.07. The van der Waals surface area contributed by atoms with Gasteiger partial charge < -0.3 is 15.4 Å². The minimum Gasteiger partial charge on any atom is -0.385 e. The second kappa shape index (κ2) is 10.7. The van der Waals surface area contributed by atoms with Crippen molar-refractivity contribution in [2.24, 2.45) is 0 Å². The number of unbranched alkanes of at least 4 members (excludes halogenated alkanes) is 3. The van der Waals surface area contributed by atoms with Gasteiger partial charge in [0, 0.05) is 31.7 Å². The number of anilines is 1. The zero-order valence-electron chi connectivity index (χ0n) is 15.2. The second-order valence-electron chi connectivity index (χ2n) is 6.50. The van der Waals surface area contributed by atoms with Crippen molar-refractivity contribution >= 4 is 22.2 Å². The second-order valence-corrected chi connectivity index (χ2v) is 7.61. The molecule has 0 unspecified atom stereocenters. The van der Waals surface area contributed by atoms with Gasteiger partial charge in [-0.05, 0) is 44.1 Å². The summed E-state index contributed by atoms with van der Waals surface area (Å²) in [5.41, 5.74) is 2.22. The van der Waals surface area contributed by atoms with Gasteiger partial charge in [-0.2, -0.15) is 0 Å². The molecule has 0 aromatic carbocycles. The number of carbonyl (C=O) groups excluding carboxylic acids is 1. The summed E-state index contributed by atoms with van der Waals surface area (Å²) in [6, 6.07) is 0. The molecular formula is C19H32N2O2S. The number of thiophene rings is 1. The van der Waals surface area contributed by atoms with Crippen LogP contribution in [0.15, 0.2) is 0 Å². The van der Waals surface area contributed by atoms with Crippen molar-refractivity contribution in [2.45, 2.75) is 64.7 Å². The van der Waals surface area contributed by atoms with Gasteiger partial charge in [-0.1, -0.05) is 26.2 Å². The number of rotatable bonds is 11. The van der Waals surface area contributed by atoms with Crippen LogP contribution >= 0.6 is 11.3 Å². The predicted molar refractivity (Wildman–Crippen MR) is 102 cm³/mol. The molecule has 1 heterocycles. The number of carbonyl (C=O) groups is 1. The lowest BCUT2D eigenvalue weighted by Crippen LogP contribution is -2.27. The van der Waals surface area contributed by atoms with E-state index in [1.54, 1.807) is 18.4 Å². The van der Waals surface area contributed by atoms with Gasteiger partial charge in [-0.3, -0.25) is 4.79 Å². The van der Waals surface area contributed by atoms with Gasteiger partial charge in [0.15, 0.2) is 0 Å². The summed E-state index contributed by atoms with van der Waals surface area (Å²) in [7, 11) is 1.69. The number of aryl methyl sites for hydroxylation is 1. The highest BCUT2D eigenvalue weighted by molar-refractivity contribution is 7.16. The van der Waals surface area contributed by atoms with Crippen LogP contribution in [0.2, 0.25) is 0 Å². The number of methoxy groups -OCH3 is 1. The Morgan fingerprint density at radius 3 is 2.75 bits per heavy atom. The first kappa shape index (κ1) is 19.3. The smallest absolute Gasteiger partial charge is 0.254 e. The monoisotopic (exact) mass is 352 g/mol. The van der Waals surface area contributed by atoms with Gasteiger partial charge in [0.2, 0.25) is 0 Å². The van der Waals surface area contributed by atoms with E-state index in [0.717, 1.165) is 36.4 Å². The van der Waals surface area contributed by atoms with Gasteiger partial charge in [0.1, 0.15) is 5.00 Å². The van der Waals surface area contributed by atoms with Crippen LogP contribution in [-0.4, -0.2) is 32.7 Å².